The maximum absolute atomic E-state index is 12.4. The number of amides is 1. The largest absolute Gasteiger partial charge is 0.320 e. The summed E-state index contributed by atoms with van der Waals surface area (Å²) in [5.41, 5.74) is 5.63. The molecule has 112 valence electrons. The summed E-state index contributed by atoms with van der Waals surface area (Å²) in [5, 5.41) is 13.4. The minimum absolute atomic E-state index is 0. The molecule has 5 nitrogen and oxygen atoms in total. The number of nitrogens with zero attached hydrogens (tertiary/aromatic N) is 1. The number of benzene rings is 1. The summed E-state index contributed by atoms with van der Waals surface area (Å²) in [7, 11) is 0. The molecule has 1 amide bonds. The van der Waals surface area contributed by atoms with Crippen LogP contribution in [-0.2, 0) is 13.0 Å². The van der Waals surface area contributed by atoms with Gasteiger partial charge < -0.3 is 10.6 Å². The molecule has 0 atom stereocenters. The van der Waals surface area contributed by atoms with Crippen molar-refractivity contribution in [3.63, 3.8) is 0 Å². The molecular weight excluding hydrogens is 288 g/mol. The lowest BCUT2D eigenvalue weighted by molar-refractivity contribution is 0.102. The predicted molar refractivity (Wildman–Crippen MR) is 85.1 cm³/mol. The molecular formula is C15H19ClN4O. The first-order chi connectivity index (χ1) is 9.66. The number of anilines is 1. The molecule has 0 saturated heterocycles. The Hall–Kier alpha value is -1.85. The number of halogens is 1. The third-order valence-electron chi connectivity index (χ3n) is 3.87. The van der Waals surface area contributed by atoms with Crippen molar-refractivity contribution in [3.05, 3.63) is 46.3 Å². The van der Waals surface area contributed by atoms with Crippen molar-refractivity contribution in [3.8, 4) is 0 Å². The molecule has 1 aliphatic rings. The monoisotopic (exact) mass is 306 g/mol. The zero-order valence-corrected chi connectivity index (χ0v) is 12.9. The first-order valence-electron chi connectivity index (χ1n) is 6.81. The van der Waals surface area contributed by atoms with E-state index in [2.05, 4.69) is 20.8 Å². The minimum Gasteiger partial charge on any atom is -0.320 e. The Bertz CT molecular complexity index is 666. The zero-order valence-electron chi connectivity index (χ0n) is 12.1. The fourth-order valence-corrected chi connectivity index (χ4v) is 2.48. The van der Waals surface area contributed by atoms with Crippen LogP contribution < -0.4 is 10.6 Å². The molecule has 0 aliphatic carbocycles. The van der Waals surface area contributed by atoms with Gasteiger partial charge in [0, 0.05) is 36.5 Å². The van der Waals surface area contributed by atoms with Crippen LogP contribution in [-0.4, -0.2) is 22.6 Å². The molecule has 6 heteroatoms. The highest BCUT2D eigenvalue weighted by atomic mass is 35.5. The second kappa shape index (κ2) is 6.28. The van der Waals surface area contributed by atoms with E-state index in [4.69, 9.17) is 0 Å². The maximum Gasteiger partial charge on any atom is 0.276 e. The van der Waals surface area contributed by atoms with Crippen molar-refractivity contribution in [1.82, 2.24) is 15.5 Å². The molecule has 0 fully saturated rings. The highest BCUT2D eigenvalue weighted by molar-refractivity contribution is 6.04. The van der Waals surface area contributed by atoms with Crippen LogP contribution in [0.5, 0.6) is 0 Å². The molecule has 3 rings (SSSR count). The van der Waals surface area contributed by atoms with Gasteiger partial charge in [-0.25, -0.2) is 0 Å². The van der Waals surface area contributed by atoms with Gasteiger partial charge in [0.05, 0.1) is 0 Å². The molecule has 1 aromatic carbocycles. The number of carbonyl (C=O) groups excluding carboxylic acids is 1. The molecule has 3 N–H and O–H groups in total. The summed E-state index contributed by atoms with van der Waals surface area (Å²) in [6, 6.07) is 5.89. The number of aromatic nitrogens is 2. The number of hydrogen-bond donors (Lipinski definition) is 3. The first-order valence-corrected chi connectivity index (χ1v) is 6.81. The van der Waals surface area contributed by atoms with Gasteiger partial charge in [-0.3, -0.25) is 9.89 Å². The van der Waals surface area contributed by atoms with E-state index >= 15 is 0 Å². The van der Waals surface area contributed by atoms with E-state index in [1.54, 1.807) is 0 Å². The SMILES string of the molecule is Cc1cccc(NC(=O)c2n[nH]c3c2CNCC3)c1C.Cl. The molecule has 1 aliphatic heterocycles. The maximum atomic E-state index is 12.4. The van der Waals surface area contributed by atoms with Crippen molar-refractivity contribution < 1.29 is 4.79 Å². The number of hydrogen-bond acceptors (Lipinski definition) is 3. The topological polar surface area (TPSA) is 69.8 Å². The Morgan fingerprint density at radius 1 is 1.33 bits per heavy atom. The minimum atomic E-state index is -0.153. The lowest BCUT2D eigenvalue weighted by Gasteiger charge is -2.13. The van der Waals surface area contributed by atoms with Crippen LogP contribution in [0.15, 0.2) is 18.2 Å². The van der Waals surface area contributed by atoms with Crippen LogP contribution in [0, 0.1) is 13.8 Å². The molecule has 21 heavy (non-hydrogen) atoms. The van der Waals surface area contributed by atoms with Crippen molar-refractivity contribution >= 4 is 24.0 Å². The molecule has 0 radical (unpaired) electrons. The van der Waals surface area contributed by atoms with Gasteiger partial charge in [-0.2, -0.15) is 5.10 Å². The number of rotatable bonds is 2. The number of aromatic amines is 1. The molecule has 0 spiro atoms. The zero-order chi connectivity index (χ0) is 14.1. The smallest absolute Gasteiger partial charge is 0.276 e. The third kappa shape index (κ3) is 2.94. The Kier molecular flexibility index (Phi) is 4.65. The summed E-state index contributed by atoms with van der Waals surface area (Å²) in [5.74, 6) is -0.153. The van der Waals surface area contributed by atoms with Crippen LogP contribution in [0.2, 0.25) is 0 Å². The van der Waals surface area contributed by atoms with Gasteiger partial charge in [0.15, 0.2) is 5.69 Å². The summed E-state index contributed by atoms with van der Waals surface area (Å²) in [4.78, 5) is 12.4. The van der Waals surface area contributed by atoms with E-state index in [9.17, 15) is 4.79 Å². The van der Waals surface area contributed by atoms with Gasteiger partial charge in [-0.15, -0.1) is 12.4 Å². The lowest BCUT2D eigenvalue weighted by Crippen LogP contribution is -2.25. The number of fused-ring (bicyclic) bond motifs is 1. The van der Waals surface area contributed by atoms with Crippen LogP contribution in [0.3, 0.4) is 0 Å². The average Bonchev–Trinajstić information content (AvgIpc) is 2.88. The molecule has 1 aromatic heterocycles. The van der Waals surface area contributed by atoms with Crippen LogP contribution >= 0.6 is 12.4 Å². The Labute approximate surface area is 129 Å². The van der Waals surface area contributed by atoms with Crippen molar-refractivity contribution in [2.24, 2.45) is 0 Å². The van der Waals surface area contributed by atoms with E-state index in [-0.39, 0.29) is 18.3 Å². The van der Waals surface area contributed by atoms with Crippen molar-refractivity contribution in [1.29, 1.82) is 0 Å². The molecule has 0 bridgehead atoms. The van der Waals surface area contributed by atoms with Gasteiger partial charge in [0.1, 0.15) is 0 Å². The van der Waals surface area contributed by atoms with Gasteiger partial charge in [0.25, 0.3) is 5.91 Å². The number of nitrogens with one attached hydrogen (secondary N) is 3. The second-order valence-corrected chi connectivity index (χ2v) is 5.16. The Morgan fingerprint density at radius 3 is 2.95 bits per heavy atom. The summed E-state index contributed by atoms with van der Waals surface area (Å²) >= 11 is 0. The van der Waals surface area contributed by atoms with Crippen molar-refractivity contribution in [2.45, 2.75) is 26.8 Å². The Balaban J connectivity index is 0.00000161. The van der Waals surface area contributed by atoms with Crippen LogP contribution in [0.4, 0.5) is 5.69 Å². The number of carbonyl (C=O) groups is 1. The second-order valence-electron chi connectivity index (χ2n) is 5.16. The van der Waals surface area contributed by atoms with E-state index in [1.165, 1.54) is 0 Å². The predicted octanol–water partition coefficient (Wildman–Crippen LogP) is 2.35. The van der Waals surface area contributed by atoms with E-state index in [0.717, 1.165) is 41.0 Å². The normalized spacial score (nSPS) is 13.2. The van der Waals surface area contributed by atoms with E-state index < -0.39 is 0 Å². The number of H-pyrrole nitrogens is 1. The van der Waals surface area contributed by atoms with E-state index in [1.807, 2.05) is 32.0 Å². The summed E-state index contributed by atoms with van der Waals surface area (Å²) < 4.78 is 0. The van der Waals surface area contributed by atoms with Crippen molar-refractivity contribution in [2.75, 3.05) is 11.9 Å². The fraction of sp³-hybridized carbons (Fsp3) is 0.333. The molecule has 0 unspecified atom stereocenters. The van der Waals surface area contributed by atoms with Crippen LogP contribution in [0.25, 0.3) is 0 Å². The molecule has 2 heterocycles. The third-order valence-corrected chi connectivity index (χ3v) is 3.87. The van der Waals surface area contributed by atoms with Gasteiger partial charge in [0.2, 0.25) is 0 Å². The first kappa shape index (κ1) is 15.5. The molecule has 0 saturated carbocycles. The van der Waals surface area contributed by atoms with Gasteiger partial charge in [-0.1, -0.05) is 12.1 Å². The Morgan fingerprint density at radius 2 is 2.14 bits per heavy atom. The highest BCUT2D eigenvalue weighted by Gasteiger charge is 2.21. The molecule has 2 aromatic rings. The van der Waals surface area contributed by atoms with Crippen LogP contribution in [0.1, 0.15) is 32.9 Å². The quantitative estimate of drug-likeness (QED) is 0.797. The van der Waals surface area contributed by atoms with Gasteiger partial charge >= 0.3 is 0 Å². The van der Waals surface area contributed by atoms with Gasteiger partial charge in [-0.05, 0) is 31.0 Å². The summed E-state index contributed by atoms with van der Waals surface area (Å²) in [6.07, 6.45) is 0.888. The highest BCUT2D eigenvalue weighted by Crippen LogP contribution is 2.20. The van der Waals surface area contributed by atoms with E-state index in [0.29, 0.717) is 12.2 Å². The standard InChI is InChI=1S/C15H18N4O.ClH/c1-9-4-3-5-12(10(9)2)17-15(20)14-11-8-16-7-6-13(11)18-19-14;/h3-5,16H,6-8H2,1-2H3,(H,17,20)(H,18,19);1H. The summed E-state index contributed by atoms with van der Waals surface area (Å²) in [6.45, 7) is 5.66. The fourth-order valence-electron chi connectivity index (χ4n) is 2.48. The number of aryl methyl sites for hydroxylation is 1. The average molecular weight is 307 g/mol. The lowest BCUT2D eigenvalue weighted by atomic mass is 10.1.